The molecule has 0 heterocycles. The van der Waals surface area contributed by atoms with Crippen LogP contribution in [0.3, 0.4) is 0 Å². The fourth-order valence-electron chi connectivity index (χ4n) is 4.03. The maximum Gasteiger partial charge on any atom is -1.00 e. The van der Waals surface area contributed by atoms with E-state index in [0.717, 1.165) is 0 Å². The van der Waals surface area contributed by atoms with Crippen LogP contribution in [0.15, 0.2) is 71.0 Å². The Hall–Kier alpha value is -0.660. The summed E-state index contributed by atoms with van der Waals surface area (Å²) in [6.07, 6.45) is 9.61. The Morgan fingerprint density at radius 1 is 0.792 bits per heavy atom. The fraction of sp³-hybridized carbons (Fsp3) is 0.100. The summed E-state index contributed by atoms with van der Waals surface area (Å²) in [5.74, 6) is 0. The molecule has 2 aliphatic carbocycles. The van der Waals surface area contributed by atoms with Crippen molar-refractivity contribution in [2.75, 3.05) is 0 Å². The van der Waals surface area contributed by atoms with E-state index in [1.807, 2.05) is 0 Å². The molecule has 2 aromatic carbocycles. The maximum absolute atomic E-state index is 4.33. The molecule has 0 amide bonds. The Labute approximate surface area is 163 Å². The van der Waals surface area contributed by atoms with Crippen LogP contribution < -0.4 is 24.8 Å². The van der Waals surface area contributed by atoms with Gasteiger partial charge in [-0.3, -0.25) is 0 Å². The third-order valence-electron chi connectivity index (χ3n) is 5.38. The minimum Gasteiger partial charge on any atom is -1.00 e. The second-order valence-corrected chi connectivity index (χ2v) is 27.5. The van der Waals surface area contributed by atoms with Crippen molar-refractivity contribution in [3.8, 4) is 0 Å². The number of benzene rings is 2. The summed E-state index contributed by atoms with van der Waals surface area (Å²) < 4.78 is 3.72. The average Bonchev–Trinajstić information content (AvgIpc) is 3.19. The average molecular weight is 451 g/mol. The molecule has 0 N–H and O–H groups in total. The summed E-state index contributed by atoms with van der Waals surface area (Å²) in [6.45, 7) is 4.33. The first-order valence-corrected chi connectivity index (χ1v) is 20.5. The van der Waals surface area contributed by atoms with Gasteiger partial charge in [0.05, 0.1) is 0 Å². The Bertz CT molecular complexity index is 751. The molecule has 0 radical (unpaired) electrons. The zero-order chi connectivity index (χ0) is 15.2. The van der Waals surface area contributed by atoms with Gasteiger partial charge < -0.3 is 24.8 Å². The largest absolute Gasteiger partial charge is 1.00 e. The molecular formula is C20H20Cl2SiZr. The van der Waals surface area contributed by atoms with Gasteiger partial charge in [-0.05, 0) is 0 Å². The van der Waals surface area contributed by atoms with Gasteiger partial charge in [0.15, 0.2) is 0 Å². The third-order valence-corrected chi connectivity index (χ3v) is 26.4. The van der Waals surface area contributed by atoms with E-state index in [1.165, 1.54) is 18.5 Å². The molecule has 122 valence electrons. The first kappa shape index (κ1) is 19.7. The van der Waals surface area contributed by atoms with Crippen LogP contribution in [-0.4, -0.2) is 7.37 Å². The van der Waals surface area contributed by atoms with Crippen molar-refractivity contribution < 1.29 is 44.2 Å². The topological polar surface area (TPSA) is 0 Å². The van der Waals surface area contributed by atoms with Crippen LogP contribution in [0.5, 0.6) is 0 Å². The number of allylic oxidation sites excluding steroid dienone is 2. The summed E-state index contributed by atoms with van der Waals surface area (Å²) >= 11 is -2.53. The van der Waals surface area contributed by atoms with E-state index >= 15 is 0 Å². The second-order valence-electron chi connectivity index (χ2n) is 6.50. The maximum atomic E-state index is 4.33. The summed E-state index contributed by atoms with van der Waals surface area (Å²) in [6, 6.07) is 17.8. The quantitative estimate of drug-likeness (QED) is 0.480. The van der Waals surface area contributed by atoms with E-state index in [-0.39, 0.29) is 24.8 Å². The minimum atomic E-state index is -2.53. The summed E-state index contributed by atoms with van der Waals surface area (Å²) in [5, 5.41) is 0. The molecule has 0 spiro atoms. The SMILES string of the molecule is C=[CH][Zr+2]([SiH3])([CH]1C=Cc2ccccc21)[CH]1C=Cc2ccccc21.[Cl-].[Cl-]. The van der Waals surface area contributed by atoms with Crippen molar-refractivity contribution in [1.29, 1.82) is 0 Å². The Morgan fingerprint density at radius 2 is 1.21 bits per heavy atom. The summed E-state index contributed by atoms with van der Waals surface area (Å²) in [4.78, 5) is 0. The molecule has 0 saturated heterocycles. The minimum absolute atomic E-state index is 0. The van der Waals surface area contributed by atoms with Gasteiger partial charge in [0.25, 0.3) is 0 Å². The molecule has 2 aliphatic rings. The van der Waals surface area contributed by atoms with Crippen molar-refractivity contribution in [3.63, 3.8) is 0 Å². The predicted molar refractivity (Wildman–Crippen MR) is 96.6 cm³/mol. The van der Waals surface area contributed by atoms with Crippen molar-refractivity contribution in [3.05, 3.63) is 93.3 Å². The zero-order valence-corrected chi connectivity index (χ0v) is 19.6. The monoisotopic (exact) mass is 448 g/mol. The molecule has 4 rings (SSSR count). The smallest absolute Gasteiger partial charge is 1.00 e. The molecule has 2 aromatic rings. The number of rotatable bonds is 3. The van der Waals surface area contributed by atoms with Crippen molar-refractivity contribution in [2.45, 2.75) is 7.25 Å². The van der Waals surface area contributed by atoms with Gasteiger partial charge >= 0.3 is 139 Å². The van der Waals surface area contributed by atoms with Crippen LogP contribution in [0, 0.1) is 0 Å². The van der Waals surface area contributed by atoms with E-state index < -0.39 is 19.4 Å². The van der Waals surface area contributed by atoms with Crippen LogP contribution in [0.4, 0.5) is 0 Å². The van der Waals surface area contributed by atoms with Gasteiger partial charge in [0, 0.05) is 0 Å². The molecule has 0 bridgehead atoms. The summed E-state index contributed by atoms with van der Waals surface area (Å²) in [7, 11) is 1.28. The van der Waals surface area contributed by atoms with Crippen LogP contribution >= 0.6 is 0 Å². The van der Waals surface area contributed by atoms with Gasteiger partial charge in [-0.15, -0.1) is 0 Å². The molecule has 2 atom stereocenters. The molecule has 0 aliphatic heterocycles. The molecule has 0 saturated carbocycles. The third kappa shape index (κ3) is 2.99. The zero-order valence-electron chi connectivity index (χ0n) is 13.6. The first-order valence-electron chi connectivity index (χ1n) is 7.92. The van der Waals surface area contributed by atoms with Crippen LogP contribution in [-0.2, 0) is 19.4 Å². The molecule has 0 aromatic heterocycles. The van der Waals surface area contributed by atoms with Gasteiger partial charge in [-0.25, -0.2) is 0 Å². The van der Waals surface area contributed by atoms with E-state index in [0.29, 0.717) is 7.25 Å². The van der Waals surface area contributed by atoms with Gasteiger partial charge in [-0.2, -0.15) is 0 Å². The van der Waals surface area contributed by atoms with Crippen molar-refractivity contribution in [2.24, 2.45) is 0 Å². The number of hydrogen-bond acceptors (Lipinski definition) is 0. The molecule has 0 fully saturated rings. The molecular weight excluding hydrogens is 430 g/mol. The van der Waals surface area contributed by atoms with Crippen molar-refractivity contribution in [1.82, 2.24) is 0 Å². The number of hydrogen-bond donors (Lipinski definition) is 0. The van der Waals surface area contributed by atoms with Gasteiger partial charge in [0.2, 0.25) is 0 Å². The predicted octanol–water partition coefficient (Wildman–Crippen LogP) is -1.89. The van der Waals surface area contributed by atoms with Gasteiger partial charge in [-0.1, -0.05) is 0 Å². The van der Waals surface area contributed by atoms with Gasteiger partial charge in [0.1, 0.15) is 0 Å². The van der Waals surface area contributed by atoms with Crippen LogP contribution in [0.2, 0.25) is 0 Å². The Morgan fingerprint density at radius 3 is 1.62 bits per heavy atom. The first-order chi connectivity index (χ1) is 10.7. The summed E-state index contributed by atoms with van der Waals surface area (Å²) in [5.41, 5.74) is 5.93. The van der Waals surface area contributed by atoms with E-state index in [2.05, 4.69) is 83.2 Å². The molecule has 2 unspecified atom stereocenters. The second kappa shape index (κ2) is 7.70. The van der Waals surface area contributed by atoms with Crippen LogP contribution in [0.25, 0.3) is 12.2 Å². The standard InChI is InChI=1S/2C9H7.C2H3.2ClH.H3Si.Zr/c2*1-2-5-9-7-3-6-8(9)4-1;1-2;;;;/h2*1-7H;1H,2H2;2*1H;1H3;/q;;;;;;+2/p-2. The molecule has 24 heavy (non-hydrogen) atoms. The number of fused-ring (bicyclic) bond motifs is 2. The van der Waals surface area contributed by atoms with E-state index in [4.69, 9.17) is 0 Å². The molecule has 0 nitrogen and oxygen atoms in total. The van der Waals surface area contributed by atoms with Crippen molar-refractivity contribution >= 4 is 19.5 Å². The Kier molecular flexibility index (Phi) is 6.31. The van der Waals surface area contributed by atoms with E-state index in [9.17, 15) is 0 Å². The molecule has 4 heteroatoms. The normalized spacial score (nSPS) is 20.7. The van der Waals surface area contributed by atoms with Crippen LogP contribution in [0.1, 0.15) is 29.5 Å². The Balaban J connectivity index is 0.00000104. The fourth-order valence-corrected chi connectivity index (χ4v) is 19.3. The van der Waals surface area contributed by atoms with E-state index in [1.54, 1.807) is 11.1 Å². The number of halogens is 2.